The average molecular weight is 326 g/mol. The van der Waals surface area contributed by atoms with E-state index in [1.807, 2.05) is 0 Å². The van der Waals surface area contributed by atoms with Gasteiger partial charge in [0.05, 0.1) is 11.3 Å². The van der Waals surface area contributed by atoms with E-state index in [-0.39, 0.29) is 17.9 Å². The van der Waals surface area contributed by atoms with E-state index < -0.39 is 5.97 Å². The molecule has 1 heterocycles. The van der Waals surface area contributed by atoms with Crippen LogP contribution in [-0.4, -0.2) is 16.2 Å². The van der Waals surface area contributed by atoms with Crippen LogP contribution in [0.3, 0.4) is 0 Å². The molecule has 0 bridgehead atoms. The number of phenolic OH excluding ortho intramolecular Hbond substituents is 1. The topological polar surface area (TPSA) is 72.6 Å². The standard InChI is InChI=1S/C13H12BrNO4/c1-7-11(8(2)19-15-7)6-18-13(17)10-5-9(14)3-4-12(10)16/h3-5,16H,6H2,1-2H3. The number of aromatic nitrogens is 1. The summed E-state index contributed by atoms with van der Waals surface area (Å²) in [4.78, 5) is 11.9. The van der Waals surface area contributed by atoms with Gasteiger partial charge in [0.15, 0.2) is 0 Å². The number of aryl methyl sites for hydroxylation is 2. The van der Waals surface area contributed by atoms with Gasteiger partial charge in [0.1, 0.15) is 23.7 Å². The molecule has 0 aliphatic rings. The Morgan fingerprint density at radius 3 is 2.84 bits per heavy atom. The molecule has 1 N–H and O–H groups in total. The maximum atomic E-state index is 11.9. The van der Waals surface area contributed by atoms with Crippen LogP contribution in [-0.2, 0) is 11.3 Å². The van der Waals surface area contributed by atoms with Crippen molar-refractivity contribution in [3.05, 3.63) is 45.3 Å². The summed E-state index contributed by atoms with van der Waals surface area (Å²) in [7, 11) is 0. The van der Waals surface area contributed by atoms with E-state index in [1.54, 1.807) is 19.9 Å². The Morgan fingerprint density at radius 1 is 1.47 bits per heavy atom. The highest BCUT2D eigenvalue weighted by molar-refractivity contribution is 9.10. The number of hydrogen-bond acceptors (Lipinski definition) is 5. The molecule has 0 spiro atoms. The maximum absolute atomic E-state index is 11.9. The minimum absolute atomic E-state index is 0.0615. The van der Waals surface area contributed by atoms with E-state index in [0.29, 0.717) is 15.9 Å². The quantitative estimate of drug-likeness (QED) is 0.878. The number of phenols is 1. The van der Waals surface area contributed by atoms with E-state index >= 15 is 0 Å². The molecule has 19 heavy (non-hydrogen) atoms. The summed E-state index contributed by atoms with van der Waals surface area (Å²) in [5, 5.41) is 13.4. The molecule has 0 aliphatic heterocycles. The van der Waals surface area contributed by atoms with Crippen molar-refractivity contribution in [2.45, 2.75) is 20.5 Å². The van der Waals surface area contributed by atoms with E-state index in [4.69, 9.17) is 9.26 Å². The molecule has 0 fully saturated rings. The Balaban J connectivity index is 2.12. The van der Waals surface area contributed by atoms with Crippen LogP contribution in [0.4, 0.5) is 0 Å². The summed E-state index contributed by atoms with van der Waals surface area (Å²) in [6.07, 6.45) is 0. The van der Waals surface area contributed by atoms with E-state index in [0.717, 1.165) is 5.56 Å². The molecular formula is C13H12BrNO4. The van der Waals surface area contributed by atoms with E-state index in [1.165, 1.54) is 12.1 Å². The minimum atomic E-state index is -0.598. The van der Waals surface area contributed by atoms with Gasteiger partial charge in [-0.1, -0.05) is 21.1 Å². The van der Waals surface area contributed by atoms with Crippen molar-refractivity contribution < 1.29 is 19.2 Å². The Kier molecular flexibility index (Phi) is 3.90. The van der Waals surface area contributed by atoms with E-state index in [2.05, 4.69) is 21.1 Å². The summed E-state index contributed by atoms with van der Waals surface area (Å²) < 4.78 is 10.8. The number of halogens is 1. The van der Waals surface area contributed by atoms with Crippen molar-refractivity contribution in [1.82, 2.24) is 5.16 Å². The first kappa shape index (κ1) is 13.6. The molecule has 6 heteroatoms. The number of carbonyl (C=O) groups excluding carboxylic acids is 1. The lowest BCUT2D eigenvalue weighted by Gasteiger charge is -2.06. The molecule has 5 nitrogen and oxygen atoms in total. The lowest BCUT2D eigenvalue weighted by atomic mass is 10.2. The highest BCUT2D eigenvalue weighted by Gasteiger charge is 2.16. The Bertz CT molecular complexity index is 602. The number of carbonyl (C=O) groups is 1. The van der Waals surface area contributed by atoms with Gasteiger partial charge in [0, 0.05) is 4.47 Å². The molecule has 0 radical (unpaired) electrons. The van der Waals surface area contributed by atoms with Crippen molar-refractivity contribution in [1.29, 1.82) is 0 Å². The second-order valence-electron chi connectivity index (χ2n) is 4.04. The van der Waals surface area contributed by atoms with Crippen LogP contribution >= 0.6 is 15.9 Å². The summed E-state index contributed by atoms with van der Waals surface area (Å²) in [6, 6.07) is 4.57. The first-order chi connectivity index (χ1) is 8.99. The Hall–Kier alpha value is -1.82. The van der Waals surface area contributed by atoms with Crippen LogP contribution in [0, 0.1) is 13.8 Å². The third kappa shape index (κ3) is 2.96. The smallest absolute Gasteiger partial charge is 0.342 e. The van der Waals surface area contributed by atoms with Crippen LogP contribution in [0.5, 0.6) is 5.75 Å². The van der Waals surface area contributed by atoms with Crippen molar-refractivity contribution >= 4 is 21.9 Å². The Labute approximate surface area is 118 Å². The van der Waals surface area contributed by atoms with Crippen LogP contribution in [0.2, 0.25) is 0 Å². The number of rotatable bonds is 3. The Morgan fingerprint density at radius 2 is 2.21 bits per heavy atom. The average Bonchev–Trinajstić information content (AvgIpc) is 2.69. The fourth-order valence-corrected chi connectivity index (χ4v) is 1.96. The number of hydrogen-bond donors (Lipinski definition) is 1. The van der Waals surface area contributed by atoms with Crippen molar-refractivity contribution in [3.8, 4) is 5.75 Å². The second-order valence-corrected chi connectivity index (χ2v) is 4.96. The zero-order valence-electron chi connectivity index (χ0n) is 10.4. The van der Waals surface area contributed by atoms with Crippen molar-refractivity contribution in [2.75, 3.05) is 0 Å². The van der Waals surface area contributed by atoms with Gasteiger partial charge in [-0.15, -0.1) is 0 Å². The molecule has 100 valence electrons. The summed E-state index contributed by atoms with van der Waals surface area (Å²) >= 11 is 3.23. The largest absolute Gasteiger partial charge is 0.507 e. The molecular weight excluding hydrogens is 314 g/mol. The number of aromatic hydroxyl groups is 1. The van der Waals surface area contributed by atoms with Gasteiger partial charge in [-0.3, -0.25) is 0 Å². The van der Waals surface area contributed by atoms with Gasteiger partial charge >= 0.3 is 5.97 Å². The zero-order chi connectivity index (χ0) is 14.0. The SMILES string of the molecule is Cc1noc(C)c1COC(=O)c1cc(Br)ccc1O. The zero-order valence-corrected chi connectivity index (χ0v) is 12.0. The predicted molar refractivity (Wildman–Crippen MR) is 70.9 cm³/mol. The molecule has 1 aromatic carbocycles. The summed E-state index contributed by atoms with van der Waals surface area (Å²) in [5.74, 6) is -0.102. The lowest BCUT2D eigenvalue weighted by molar-refractivity contribution is 0.0467. The van der Waals surface area contributed by atoms with Gasteiger partial charge in [0.2, 0.25) is 0 Å². The molecule has 0 atom stereocenters. The van der Waals surface area contributed by atoms with Crippen LogP contribution < -0.4 is 0 Å². The van der Waals surface area contributed by atoms with Gasteiger partial charge < -0.3 is 14.4 Å². The predicted octanol–water partition coefficient (Wildman–Crippen LogP) is 3.12. The third-order valence-corrected chi connectivity index (χ3v) is 3.20. The second kappa shape index (κ2) is 5.44. The number of nitrogens with zero attached hydrogens (tertiary/aromatic N) is 1. The van der Waals surface area contributed by atoms with Crippen molar-refractivity contribution in [2.24, 2.45) is 0 Å². The fraction of sp³-hybridized carbons (Fsp3) is 0.231. The van der Waals surface area contributed by atoms with Gasteiger partial charge in [0.25, 0.3) is 0 Å². The minimum Gasteiger partial charge on any atom is -0.507 e. The highest BCUT2D eigenvalue weighted by atomic mass is 79.9. The number of ether oxygens (including phenoxy) is 1. The maximum Gasteiger partial charge on any atom is 0.342 e. The molecule has 0 unspecified atom stereocenters. The lowest BCUT2D eigenvalue weighted by Crippen LogP contribution is -2.06. The van der Waals surface area contributed by atoms with Crippen LogP contribution in [0.1, 0.15) is 27.4 Å². The van der Waals surface area contributed by atoms with Crippen LogP contribution in [0.25, 0.3) is 0 Å². The molecule has 0 saturated heterocycles. The van der Waals surface area contributed by atoms with Gasteiger partial charge in [-0.05, 0) is 32.0 Å². The van der Waals surface area contributed by atoms with Crippen molar-refractivity contribution in [3.63, 3.8) is 0 Å². The van der Waals surface area contributed by atoms with E-state index in [9.17, 15) is 9.90 Å². The van der Waals surface area contributed by atoms with Gasteiger partial charge in [-0.2, -0.15) is 0 Å². The normalized spacial score (nSPS) is 10.5. The molecule has 0 saturated carbocycles. The highest BCUT2D eigenvalue weighted by Crippen LogP contribution is 2.23. The first-order valence-electron chi connectivity index (χ1n) is 5.56. The number of esters is 1. The third-order valence-electron chi connectivity index (χ3n) is 2.71. The molecule has 2 rings (SSSR count). The molecule has 0 amide bonds. The first-order valence-corrected chi connectivity index (χ1v) is 6.35. The van der Waals surface area contributed by atoms with Crippen LogP contribution in [0.15, 0.2) is 27.2 Å². The van der Waals surface area contributed by atoms with Gasteiger partial charge in [-0.25, -0.2) is 4.79 Å². The summed E-state index contributed by atoms with van der Waals surface area (Å²) in [5.41, 5.74) is 1.53. The fourth-order valence-electron chi connectivity index (χ4n) is 1.60. The summed E-state index contributed by atoms with van der Waals surface area (Å²) in [6.45, 7) is 3.59. The molecule has 1 aromatic heterocycles. The number of benzene rings is 1. The molecule has 0 aliphatic carbocycles. The monoisotopic (exact) mass is 325 g/mol. The molecule has 2 aromatic rings.